The van der Waals surface area contributed by atoms with Crippen molar-refractivity contribution in [1.82, 2.24) is 14.5 Å². The van der Waals surface area contributed by atoms with Crippen LogP contribution in [-0.4, -0.2) is 34.6 Å². The van der Waals surface area contributed by atoms with Gasteiger partial charge in [-0.2, -0.15) is 0 Å². The van der Waals surface area contributed by atoms with Crippen LogP contribution in [0.3, 0.4) is 0 Å². The van der Waals surface area contributed by atoms with Crippen LogP contribution in [0.1, 0.15) is 25.5 Å². The summed E-state index contributed by atoms with van der Waals surface area (Å²) in [6.45, 7) is 5.79. The smallest absolute Gasteiger partial charge is 0.0949 e. The van der Waals surface area contributed by atoms with Gasteiger partial charge in [0.15, 0.2) is 0 Å². The number of likely N-dealkylation sites (tertiary alicyclic amines) is 1. The molecule has 3 nitrogen and oxygen atoms in total. The lowest BCUT2D eigenvalue weighted by atomic mass is 9.98. The molecule has 0 amide bonds. The third kappa shape index (κ3) is 2.81. The van der Waals surface area contributed by atoms with E-state index in [1.54, 1.807) is 0 Å². The molecular formula is C12H21N3. The summed E-state index contributed by atoms with van der Waals surface area (Å²) in [6, 6.07) is 0. The van der Waals surface area contributed by atoms with E-state index in [1.165, 1.54) is 31.6 Å². The Balaban J connectivity index is 1.90. The van der Waals surface area contributed by atoms with Crippen LogP contribution < -0.4 is 0 Å². The summed E-state index contributed by atoms with van der Waals surface area (Å²) in [7, 11) is 2.22. The maximum absolute atomic E-state index is 4.37. The van der Waals surface area contributed by atoms with Crippen LogP contribution >= 0.6 is 0 Å². The van der Waals surface area contributed by atoms with Gasteiger partial charge < -0.3 is 9.47 Å². The van der Waals surface area contributed by atoms with Gasteiger partial charge in [0.1, 0.15) is 0 Å². The van der Waals surface area contributed by atoms with Crippen molar-refractivity contribution in [2.75, 3.05) is 20.1 Å². The van der Waals surface area contributed by atoms with Crippen molar-refractivity contribution >= 4 is 0 Å². The molecule has 0 aliphatic carbocycles. The number of hydrogen-bond donors (Lipinski definition) is 0. The molecule has 0 bridgehead atoms. The number of hydrogen-bond acceptors (Lipinski definition) is 2. The molecule has 15 heavy (non-hydrogen) atoms. The summed E-state index contributed by atoms with van der Waals surface area (Å²) < 4.78 is 2.25. The number of imidazole rings is 1. The average Bonchev–Trinajstić information content (AvgIpc) is 2.65. The van der Waals surface area contributed by atoms with E-state index in [0.717, 1.165) is 18.9 Å². The quantitative estimate of drug-likeness (QED) is 0.753. The molecule has 1 aliphatic rings. The minimum atomic E-state index is 0.808. The summed E-state index contributed by atoms with van der Waals surface area (Å²) in [4.78, 5) is 6.80. The summed E-state index contributed by atoms with van der Waals surface area (Å²) in [6.07, 6.45) is 7.92. The van der Waals surface area contributed by atoms with Crippen molar-refractivity contribution in [1.29, 1.82) is 0 Å². The van der Waals surface area contributed by atoms with Crippen LogP contribution in [0.5, 0.6) is 0 Å². The molecule has 1 unspecified atom stereocenters. The van der Waals surface area contributed by atoms with Gasteiger partial charge >= 0.3 is 0 Å². The first-order valence-electron chi connectivity index (χ1n) is 5.97. The highest BCUT2D eigenvalue weighted by atomic mass is 15.1. The maximum atomic E-state index is 4.37. The van der Waals surface area contributed by atoms with E-state index >= 15 is 0 Å². The molecule has 84 valence electrons. The van der Waals surface area contributed by atoms with Gasteiger partial charge in [0.05, 0.1) is 12.0 Å². The molecule has 1 fully saturated rings. The van der Waals surface area contributed by atoms with Crippen LogP contribution in [0.2, 0.25) is 0 Å². The number of nitrogens with zero attached hydrogens (tertiary/aromatic N) is 3. The Bertz CT molecular complexity index is 306. The highest BCUT2D eigenvalue weighted by Gasteiger charge is 2.17. The zero-order valence-electron chi connectivity index (χ0n) is 9.82. The summed E-state index contributed by atoms with van der Waals surface area (Å²) in [5.74, 6) is 0.808. The van der Waals surface area contributed by atoms with Gasteiger partial charge in [-0.05, 0) is 38.8 Å². The molecule has 1 aromatic heterocycles. The van der Waals surface area contributed by atoms with Crippen molar-refractivity contribution < 1.29 is 0 Å². The lowest BCUT2D eigenvalue weighted by molar-refractivity contribution is 0.194. The van der Waals surface area contributed by atoms with Gasteiger partial charge in [0.2, 0.25) is 0 Å². The van der Waals surface area contributed by atoms with Crippen LogP contribution in [-0.2, 0) is 13.0 Å². The van der Waals surface area contributed by atoms with Crippen molar-refractivity contribution in [2.24, 2.45) is 5.92 Å². The van der Waals surface area contributed by atoms with Crippen LogP contribution in [0, 0.1) is 5.92 Å². The molecule has 2 rings (SSSR count). The first-order chi connectivity index (χ1) is 7.28. The lowest BCUT2D eigenvalue weighted by Gasteiger charge is -2.29. The van der Waals surface area contributed by atoms with E-state index in [2.05, 4.69) is 34.6 Å². The highest BCUT2D eigenvalue weighted by molar-refractivity contribution is 4.96. The minimum Gasteiger partial charge on any atom is -0.337 e. The van der Waals surface area contributed by atoms with Gasteiger partial charge in [0.25, 0.3) is 0 Å². The molecule has 1 saturated heterocycles. The van der Waals surface area contributed by atoms with Crippen molar-refractivity contribution in [2.45, 2.75) is 32.7 Å². The predicted molar refractivity (Wildman–Crippen MR) is 61.8 cm³/mol. The zero-order valence-corrected chi connectivity index (χ0v) is 9.82. The second-order valence-electron chi connectivity index (χ2n) is 4.69. The molecule has 0 spiro atoms. The number of rotatable bonds is 3. The summed E-state index contributed by atoms with van der Waals surface area (Å²) >= 11 is 0. The minimum absolute atomic E-state index is 0.808. The molecule has 1 aliphatic heterocycles. The Morgan fingerprint density at radius 3 is 3.07 bits per heavy atom. The van der Waals surface area contributed by atoms with E-state index < -0.39 is 0 Å². The topological polar surface area (TPSA) is 21.1 Å². The molecule has 3 heteroatoms. The first kappa shape index (κ1) is 10.7. The Morgan fingerprint density at radius 2 is 2.40 bits per heavy atom. The van der Waals surface area contributed by atoms with Crippen LogP contribution in [0.15, 0.2) is 12.5 Å². The standard InChI is InChI=1S/C12H21N3/c1-3-12-9-15(10-13-12)8-11-5-4-6-14(2)7-11/h9-11H,3-8H2,1-2H3. The highest BCUT2D eigenvalue weighted by Crippen LogP contribution is 2.17. The fourth-order valence-electron chi connectivity index (χ4n) is 2.41. The van der Waals surface area contributed by atoms with E-state index in [1.807, 2.05) is 6.33 Å². The van der Waals surface area contributed by atoms with E-state index in [-0.39, 0.29) is 0 Å². The van der Waals surface area contributed by atoms with E-state index in [9.17, 15) is 0 Å². The second-order valence-corrected chi connectivity index (χ2v) is 4.69. The summed E-state index contributed by atoms with van der Waals surface area (Å²) in [5.41, 5.74) is 1.21. The zero-order chi connectivity index (χ0) is 10.7. The van der Waals surface area contributed by atoms with Gasteiger partial charge in [0, 0.05) is 19.3 Å². The Labute approximate surface area is 92.1 Å². The molecule has 0 aromatic carbocycles. The summed E-state index contributed by atoms with van der Waals surface area (Å²) in [5, 5.41) is 0. The average molecular weight is 207 g/mol. The first-order valence-corrected chi connectivity index (χ1v) is 5.97. The maximum Gasteiger partial charge on any atom is 0.0949 e. The molecule has 0 N–H and O–H groups in total. The number of aromatic nitrogens is 2. The normalized spacial score (nSPS) is 23.2. The predicted octanol–water partition coefficient (Wildman–Crippen LogP) is 1.79. The van der Waals surface area contributed by atoms with Gasteiger partial charge in [-0.3, -0.25) is 0 Å². The van der Waals surface area contributed by atoms with Gasteiger partial charge in [-0.1, -0.05) is 6.92 Å². The molecular weight excluding hydrogens is 186 g/mol. The SMILES string of the molecule is CCc1cn(CC2CCCN(C)C2)cn1. The largest absolute Gasteiger partial charge is 0.337 e. The molecule has 0 saturated carbocycles. The Morgan fingerprint density at radius 1 is 1.53 bits per heavy atom. The van der Waals surface area contributed by atoms with Gasteiger partial charge in [-0.25, -0.2) is 4.98 Å². The van der Waals surface area contributed by atoms with Crippen molar-refractivity contribution in [3.63, 3.8) is 0 Å². The molecule has 0 radical (unpaired) electrons. The Hall–Kier alpha value is -0.830. The van der Waals surface area contributed by atoms with Crippen molar-refractivity contribution in [3.05, 3.63) is 18.2 Å². The Kier molecular flexibility index (Phi) is 3.41. The fraction of sp³-hybridized carbons (Fsp3) is 0.750. The molecule has 1 aromatic rings. The second kappa shape index (κ2) is 4.79. The van der Waals surface area contributed by atoms with Crippen LogP contribution in [0.25, 0.3) is 0 Å². The third-order valence-corrected chi connectivity index (χ3v) is 3.24. The number of aryl methyl sites for hydroxylation is 1. The van der Waals surface area contributed by atoms with E-state index in [4.69, 9.17) is 0 Å². The van der Waals surface area contributed by atoms with E-state index in [0.29, 0.717) is 0 Å². The van der Waals surface area contributed by atoms with Crippen LogP contribution in [0.4, 0.5) is 0 Å². The lowest BCUT2D eigenvalue weighted by Crippen LogP contribution is -2.33. The number of piperidine rings is 1. The van der Waals surface area contributed by atoms with Crippen molar-refractivity contribution in [3.8, 4) is 0 Å². The monoisotopic (exact) mass is 207 g/mol. The fourth-order valence-corrected chi connectivity index (χ4v) is 2.41. The third-order valence-electron chi connectivity index (χ3n) is 3.24. The molecule has 1 atom stereocenters. The van der Waals surface area contributed by atoms with Gasteiger partial charge in [-0.15, -0.1) is 0 Å². The molecule has 2 heterocycles.